The van der Waals surface area contributed by atoms with Gasteiger partial charge < -0.3 is 10.2 Å². The summed E-state index contributed by atoms with van der Waals surface area (Å²) < 4.78 is 2.15. The Balaban J connectivity index is 0.00000225. The molecule has 138 valence electrons. The maximum atomic E-state index is 4.73. The lowest BCUT2D eigenvalue weighted by atomic mass is 10.3. The number of halogens is 1. The Bertz CT molecular complexity index is 646. The summed E-state index contributed by atoms with van der Waals surface area (Å²) in [7, 11) is 3.92. The van der Waals surface area contributed by atoms with Gasteiger partial charge in [0.15, 0.2) is 5.96 Å². The van der Waals surface area contributed by atoms with Gasteiger partial charge in [0, 0.05) is 31.7 Å². The van der Waals surface area contributed by atoms with Crippen molar-refractivity contribution in [2.75, 3.05) is 20.6 Å². The van der Waals surface area contributed by atoms with E-state index >= 15 is 0 Å². The number of hydrogen-bond donors (Lipinski definition) is 1. The molecule has 25 heavy (non-hydrogen) atoms. The highest BCUT2D eigenvalue weighted by atomic mass is 127. The molecule has 0 aromatic carbocycles. The van der Waals surface area contributed by atoms with Crippen molar-refractivity contribution >= 4 is 41.3 Å². The van der Waals surface area contributed by atoms with Crippen molar-refractivity contribution in [3.63, 3.8) is 0 Å². The molecule has 2 aromatic heterocycles. The zero-order valence-electron chi connectivity index (χ0n) is 15.0. The van der Waals surface area contributed by atoms with E-state index in [-0.39, 0.29) is 24.0 Å². The molecular weight excluding hydrogens is 445 g/mol. The first-order chi connectivity index (χ1) is 11.8. The first kappa shape index (κ1) is 20.2. The molecule has 2 heterocycles. The summed E-state index contributed by atoms with van der Waals surface area (Å²) in [6, 6.07) is 7.01. The molecule has 0 aliphatic heterocycles. The summed E-state index contributed by atoms with van der Waals surface area (Å²) in [5.41, 5.74) is 1.08. The normalized spacial score (nSPS) is 15.2. The van der Waals surface area contributed by atoms with Crippen molar-refractivity contribution in [2.24, 2.45) is 4.99 Å². The van der Waals surface area contributed by atoms with Gasteiger partial charge in [0.25, 0.3) is 0 Å². The van der Waals surface area contributed by atoms with Gasteiger partial charge in [0.1, 0.15) is 0 Å². The van der Waals surface area contributed by atoms with Crippen LogP contribution >= 0.6 is 35.3 Å². The number of nitrogens with zero attached hydrogens (tertiary/aromatic N) is 4. The molecule has 1 N–H and O–H groups in total. The highest BCUT2D eigenvalue weighted by Gasteiger charge is 2.17. The number of thiophene rings is 1. The summed E-state index contributed by atoms with van der Waals surface area (Å²) in [6.07, 6.45) is 8.37. The number of aliphatic imine (C=N–C) groups is 1. The van der Waals surface area contributed by atoms with Crippen molar-refractivity contribution < 1.29 is 0 Å². The molecule has 3 rings (SSSR count). The van der Waals surface area contributed by atoms with Crippen LogP contribution in [0, 0.1) is 0 Å². The van der Waals surface area contributed by atoms with Crippen LogP contribution < -0.4 is 5.32 Å². The second-order valence-corrected chi connectivity index (χ2v) is 7.41. The van der Waals surface area contributed by atoms with Crippen molar-refractivity contribution in [1.82, 2.24) is 20.0 Å². The van der Waals surface area contributed by atoms with Gasteiger partial charge in [-0.05, 0) is 36.8 Å². The van der Waals surface area contributed by atoms with E-state index in [0.717, 1.165) is 31.2 Å². The van der Waals surface area contributed by atoms with Crippen LogP contribution in [0.3, 0.4) is 0 Å². The Labute approximate surface area is 171 Å². The van der Waals surface area contributed by atoms with E-state index in [2.05, 4.69) is 56.7 Å². The number of hydrogen-bond acceptors (Lipinski definition) is 3. The highest BCUT2D eigenvalue weighted by molar-refractivity contribution is 14.0. The largest absolute Gasteiger partial charge is 0.351 e. The van der Waals surface area contributed by atoms with Gasteiger partial charge in [-0.1, -0.05) is 18.9 Å². The van der Waals surface area contributed by atoms with Crippen molar-refractivity contribution in [2.45, 2.75) is 44.7 Å². The van der Waals surface area contributed by atoms with E-state index in [1.807, 2.05) is 18.4 Å². The van der Waals surface area contributed by atoms with E-state index in [0.29, 0.717) is 6.04 Å². The van der Waals surface area contributed by atoms with Crippen molar-refractivity contribution in [1.29, 1.82) is 0 Å². The maximum absolute atomic E-state index is 4.73. The second kappa shape index (κ2) is 10.2. The van der Waals surface area contributed by atoms with Crippen LogP contribution in [0.5, 0.6) is 0 Å². The average Bonchev–Trinajstić information content (AvgIpc) is 3.33. The summed E-state index contributed by atoms with van der Waals surface area (Å²) in [5, 5.41) is 10.3. The molecule has 1 fully saturated rings. The number of rotatable bonds is 6. The lowest BCUT2D eigenvalue weighted by Crippen LogP contribution is -2.39. The third-order valence-electron chi connectivity index (χ3n) is 4.64. The van der Waals surface area contributed by atoms with Crippen molar-refractivity contribution in [3.05, 3.63) is 40.3 Å². The van der Waals surface area contributed by atoms with Gasteiger partial charge in [-0.2, -0.15) is 5.10 Å². The Morgan fingerprint density at radius 1 is 1.40 bits per heavy atom. The molecule has 1 saturated carbocycles. The van der Waals surface area contributed by atoms with E-state index < -0.39 is 0 Å². The fourth-order valence-corrected chi connectivity index (χ4v) is 3.94. The van der Waals surface area contributed by atoms with Gasteiger partial charge in [-0.25, -0.2) is 0 Å². The quantitative estimate of drug-likeness (QED) is 0.393. The zero-order chi connectivity index (χ0) is 16.8. The third kappa shape index (κ3) is 5.70. The molecule has 1 aliphatic carbocycles. The molecular formula is C18H28IN5S. The lowest BCUT2D eigenvalue weighted by molar-refractivity contribution is 0.459. The molecule has 1 aliphatic rings. The minimum Gasteiger partial charge on any atom is -0.351 e. The summed E-state index contributed by atoms with van der Waals surface area (Å²) in [6.45, 7) is 1.67. The Morgan fingerprint density at radius 2 is 2.20 bits per heavy atom. The third-order valence-corrected chi connectivity index (χ3v) is 5.57. The molecule has 0 unspecified atom stereocenters. The van der Waals surface area contributed by atoms with E-state index in [1.165, 1.54) is 30.6 Å². The van der Waals surface area contributed by atoms with Crippen LogP contribution in [0.2, 0.25) is 0 Å². The Morgan fingerprint density at radius 3 is 2.88 bits per heavy atom. The highest BCUT2D eigenvalue weighted by Crippen LogP contribution is 2.28. The fourth-order valence-electron chi connectivity index (χ4n) is 3.24. The van der Waals surface area contributed by atoms with Gasteiger partial charge in [0.2, 0.25) is 0 Å². The smallest absolute Gasteiger partial charge is 0.193 e. The van der Waals surface area contributed by atoms with Crippen LogP contribution in [0.25, 0.3) is 0 Å². The summed E-state index contributed by atoms with van der Waals surface area (Å²) in [5.74, 6) is 0.918. The number of aromatic nitrogens is 2. The van der Waals surface area contributed by atoms with Crippen LogP contribution in [-0.4, -0.2) is 41.3 Å². The molecule has 2 aromatic rings. The molecule has 5 nitrogen and oxygen atoms in total. The SMILES string of the molecule is CN=C(NCc1ccn(C2CCCC2)n1)N(C)CCc1cccs1.I. The maximum Gasteiger partial charge on any atom is 0.193 e. The standard InChI is InChI=1S/C18H27N5S.HI/c1-19-18(22(2)11-10-17-8-5-13-24-17)20-14-15-9-12-23(21-15)16-6-3-4-7-16;/h5,8-9,12-13,16H,3-4,6-7,10-11,14H2,1-2H3,(H,19,20);1H. The van der Waals surface area contributed by atoms with E-state index in [4.69, 9.17) is 5.10 Å². The monoisotopic (exact) mass is 473 g/mol. The fraction of sp³-hybridized carbons (Fsp3) is 0.556. The minimum atomic E-state index is 0. The molecule has 0 bridgehead atoms. The average molecular weight is 473 g/mol. The van der Waals surface area contributed by atoms with E-state index in [1.54, 1.807) is 0 Å². The topological polar surface area (TPSA) is 45.5 Å². The number of guanidine groups is 1. The van der Waals surface area contributed by atoms with Gasteiger partial charge in [-0.3, -0.25) is 9.67 Å². The van der Waals surface area contributed by atoms with E-state index in [9.17, 15) is 0 Å². The Hall–Kier alpha value is -1.09. The predicted molar refractivity (Wildman–Crippen MR) is 116 cm³/mol. The predicted octanol–water partition coefficient (Wildman–Crippen LogP) is 3.93. The number of likely N-dealkylation sites (N-methyl/N-ethyl adjacent to an activating group) is 1. The van der Waals surface area contributed by atoms with Gasteiger partial charge in [0.05, 0.1) is 18.3 Å². The van der Waals surface area contributed by atoms with Crippen LogP contribution in [0.4, 0.5) is 0 Å². The second-order valence-electron chi connectivity index (χ2n) is 6.38. The Kier molecular flexibility index (Phi) is 8.21. The van der Waals surface area contributed by atoms with Crippen LogP contribution in [0.15, 0.2) is 34.8 Å². The lowest BCUT2D eigenvalue weighted by Gasteiger charge is -2.21. The molecule has 0 spiro atoms. The number of nitrogens with one attached hydrogen (secondary N) is 1. The van der Waals surface area contributed by atoms with Gasteiger partial charge >= 0.3 is 0 Å². The first-order valence-electron chi connectivity index (χ1n) is 8.74. The zero-order valence-corrected chi connectivity index (χ0v) is 18.2. The van der Waals surface area contributed by atoms with Gasteiger partial charge in [-0.15, -0.1) is 35.3 Å². The minimum absolute atomic E-state index is 0. The summed E-state index contributed by atoms with van der Waals surface area (Å²) in [4.78, 5) is 7.97. The first-order valence-corrected chi connectivity index (χ1v) is 9.62. The van der Waals surface area contributed by atoms with Crippen LogP contribution in [-0.2, 0) is 13.0 Å². The van der Waals surface area contributed by atoms with Crippen molar-refractivity contribution in [3.8, 4) is 0 Å². The molecule has 0 radical (unpaired) electrons. The molecule has 0 amide bonds. The molecule has 0 saturated heterocycles. The van der Waals surface area contributed by atoms with Crippen LogP contribution in [0.1, 0.15) is 42.3 Å². The molecule has 0 atom stereocenters. The molecule has 7 heteroatoms. The summed E-state index contributed by atoms with van der Waals surface area (Å²) >= 11 is 1.81.